The Bertz CT molecular complexity index is 143. The SMILES string of the molecule is CO[C@H]1O[C@@H](CSC)C(O)C1O. The topological polar surface area (TPSA) is 58.9 Å². The molecule has 2 N–H and O–H groups in total. The molecule has 1 aliphatic rings. The molecule has 0 saturated carbocycles. The average molecular weight is 194 g/mol. The molecule has 0 bridgehead atoms. The van der Waals surface area contributed by atoms with Crippen LogP contribution in [0.2, 0.25) is 0 Å². The average Bonchev–Trinajstić information content (AvgIpc) is 2.33. The number of hydrogen-bond donors (Lipinski definition) is 2. The van der Waals surface area contributed by atoms with Crippen LogP contribution in [0, 0.1) is 0 Å². The molecule has 1 rings (SSSR count). The van der Waals surface area contributed by atoms with Gasteiger partial charge in [-0.25, -0.2) is 0 Å². The summed E-state index contributed by atoms with van der Waals surface area (Å²) in [6, 6.07) is 0. The maximum absolute atomic E-state index is 9.42. The van der Waals surface area contributed by atoms with Crippen molar-refractivity contribution in [1.82, 2.24) is 0 Å². The lowest BCUT2D eigenvalue weighted by atomic mass is 10.2. The Kier molecular flexibility index (Phi) is 3.79. The van der Waals surface area contributed by atoms with Crippen LogP contribution in [0.4, 0.5) is 0 Å². The van der Waals surface area contributed by atoms with E-state index in [2.05, 4.69) is 0 Å². The van der Waals surface area contributed by atoms with Gasteiger partial charge in [-0.1, -0.05) is 0 Å². The number of aliphatic hydroxyl groups excluding tert-OH is 2. The summed E-state index contributed by atoms with van der Waals surface area (Å²) in [4.78, 5) is 0. The Morgan fingerprint density at radius 3 is 2.50 bits per heavy atom. The number of hydrogen-bond acceptors (Lipinski definition) is 5. The van der Waals surface area contributed by atoms with Crippen LogP contribution in [0.15, 0.2) is 0 Å². The Hall–Kier alpha value is 0.190. The Morgan fingerprint density at radius 2 is 2.08 bits per heavy atom. The molecule has 4 nitrogen and oxygen atoms in total. The van der Waals surface area contributed by atoms with Gasteiger partial charge in [-0.3, -0.25) is 0 Å². The van der Waals surface area contributed by atoms with E-state index in [4.69, 9.17) is 9.47 Å². The normalized spacial score (nSPS) is 42.0. The molecule has 0 aliphatic carbocycles. The van der Waals surface area contributed by atoms with E-state index < -0.39 is 18.5 Å². The van der Waals surface area contributed by atoms with Crippen LogP contribution >= 0.6 is 11.8 Å². The summed E-state index contributed by atoms with van der Waals surface area (Å²) in [5.41, 5.74) is 0. The Morgan fingerprint density at radius 1 is 1.42 bits per heavy atom. The van der Waals surface area contributed by atoms with Crippen LogP contribution in [0.25, 0.3) is 0 Å². The first-order valence-corrected chi connectivity index (χ1v) is 5.13. The van der Waals surface area contributed by atoms with Crippen LogP contribution in [-0.4, -0.2) is 53.9 Å². The Balaban J connectivity index is 2.48. The van der Waals surface area contributed by atoms with Crippen molar-refractivity contribution in [3.63, 3.8) is 0 Å². The standard InChI is InChI=1S/C7H14O4S/c1-10-7-6(9)5(8)4(11-7)3-12-2/h4-9H,3H2,1-2H3/t4-,5?,6?,7-/m0/s1. The van der Waals surface area contributed by atoms with Crippen LogP contribution in [0.3, 0.4) is 0 Å². The quantitative estimate of drug-likeness (QED) is 0.631. The minimum Gasteiger partial charge on any atom is -0.387 e. The van der Waals surface area contributed by atoms with Gasteiger partial charge < -0.3 is 19.7 Å². The van der Waals surface area contributed by atoms with Crippen molar-refractivity contribution in [3.8, 4) is 0 Å². The van der Waals surface area contributed by atoms with Gasteiger partial charge in [0.05, 0.1) is 6.10 Å². The van der Waals surface area contributed by atoms with E-state index in [1.807, 2.05) is 6.26 Å². The van der Waals surface area contributed by atoms with Crippen molar-refractivity contribution in [3.05, 3.63) is 0 Å². The minimum absolute atomic E-state index is 0.319. The molecule has 1 saturated heterocycles. The second kappa shape index (κ2) is 4.43. The van der Waals surface area contributed by atoms with Gasteiger partial charge in [-0.2, -0.15) is 11.8 Å². The lowest BCUT2D eigenvalue weighted by Crippen LogP contribution is -2.33. The molecule has 0 aromatic rings. The summed E-state index contributed by atoms with van der Waals surface area (Å²) in [5.74, 6) is 0.665. The first kappa shape index (κ1) is 10.3. The lowest BCUT2D eigenvalue weighted by Gasteiger charge is -2.11. The van der Waals surface area contributed by atoms with Crippen LogP contribution in [-0.2, 0) is 9.47 Å². The number of ether oxygens (including phenoxy) is 2. The van der Waals surface area contributed by atoms with E-state index in [9.17, 15) is 10.2 Å². The van der Waals surface area contributed by atoms with Gasteiger partial charge in [-0.15, -0.1) is 0 Å². The van der Waals surface area contributed by atoms with E-state index in [1.54, 1.807) is 11.8 Å². The largest absolute Gasteiger partial charge is 0.387 e. The Labute approximate surface area is 75.9 Å². The van der Waals surface area contributed by atoms with Crippen molar-refractivity contribution in [2.24, 2.45) is 0 Å². The fourth-order valence-corrected chi connectivity index (χ4v) is 1.82. The molecule has 0 aromatic heterocycles. The molecule has 1 heterocycles. The maximum Gasteiger partial charge on any atom is 0.186 e. The molecule has 0 spiro atoms. The molecule has 72 valence electrons. The van der Waals surface area contributed by atoms with Crippen molar-refractivity contribution in [2.45, 2.75) is 24.6 Å². The first-order chi connectivity index (χ1) is 5.70. The minimum atomic E-state index is -0.924. The van der Waals surface area contributed by atoms with E-state index in [-0.39, 0.29) is 6.10 Å². The highest BCUT2D eigenvalue weighted by molar-refractivity contribution is 7.98. The molecule has 1 aliphatic heterocycles. The third-order valence-electron chi connectivity index (χ3n) is 1.88. The van der Waals surface area contributed by atoms with Crippen LogP contribution < -0.4 is 0 Å². The first-order valence-electron chi connectivity index (χ1n) is 3.74. The second-order valence-corrected chi connectivity index (χ2v) is 3.63. The second-order valence-electron chi connectivity index (χ2n) is 2.72. The van der Waals surface area contributed by atoms with Crippen molar-refractivity contribution in [1.29, 1.82) is 0 Å². The molecule has 4 atom stereocenters. The maximum atomic E-state index is 9.42. The highest BCUT2D eigenvalue weighted by Gasteiger charge is 2.42. The number of rotatable bonds is 3. The number of thioether (sulfide) groups is 1. The smallest absolute Gasteiger partial charge is 0.186 e. The zero-order valence-corrected chi connectivity index (χ0v) is 7.95. The van der Waals surface area contributed by atoms with Gasteiger partial charge in [0.15, 0.2) is 6.29 Å². The molecule has 0 aromatic carbocycles. The summed E-state index contributed by atoms with van der Waals surface area (Å²) < 4.78 is 10.1. The summed E-state index contributed by atoms with van der Waals surface area (Å²) in [7, 11) is 1.45. The van der Waals surface area contributed by atoms with Crippen molar-refractivity contribution in [2.75, 3.05) is 19.1 Å². The molecular weight excluding hydrogens is 180 g/mol. The van der Waals surface area contributed by atoms with Crippen LogP contribution in [0.5, 0.6) is 0 Å². The number of methoxy groups -OCH3 is 1. The predicted molar refractivity (Wildman–Crippen MR) is 46.1 cm³/mol. The third kappa shape index (κ3) is 1.92. The zero-order chi connectivity index (χ0) is 9.14. The summed E-state index contributed by atoms with van der Waals surface area (Å²) >= 11 is 1.57. The fourth-order valence-electron chi connectivity index (χ4n) is 1.21. The molecule has 12 heavy (non-hydrogen) atoms. The van der Waals surface area contributed by atoms with Gasteiger partial charge in [-0.05, 0) is 6.26 Å². The van der Waals surface area contributed by atoms with Crippen molar-refractivity contribution >= 4 is 11.8 Å². The lowest BCUT2D eigenvalue weighted by molar-refractivity contribution is -0.145. The molecule has 1 fully saturated rings. The van der Waals surface area contributed by atoms with Gasteiger partial charge in [0.1, 0.15) is 12.2 Å². The molecule has 2 unspecified atom stereocenters. The number of aliphatic hydroxyl groups is 2. The highest BCUT2D eigenvalue weighted by atomic mass is 32.2. The van der Waals surface area contributed by atoms with Gasteiger partial charge >= 0.3 is 0 Å². The summed E-state index contributed by atoms with van der Waals surface area (Å²) in [6.45, 7) is 0. The summed E-state index contributed by atoms with van der Waals surface area (Å²) in [5, 5.41) is 18.8. The fraction of sp³-hybridized carbons (Fsp3) is 1.00. The van der Waals surface area contributed by atoms with E-state index in [0.717, 1.165) is 0 Å². The van der Waals surface area contributed by atoms with E-state index in [0.29, 0.717) is 5.75 Å². The van der Waals surface area contributed by atoms with E-state index >= 15 is 0 Å². The van der Waals surface area contributed by atoms with Crippen molar-refractivity contribution < 1.29 is 19.7 Å². The molecule has 5 heteroatoms. The summed E-state index contributed by atoms with van der Waals surface area (Å²) in [6.07, 6.45) is -0.838. The highest BCUT2D eigenvalue weighted by Crippen LogP contribution is 2.23. The zero-order valence-electron chi connectivity index (χ0n) is 7.14. The molecular formula is C7H14O4S. The van der Waals surface area contributed by atoms with Gasteiger partial charge in [0, 0.05) is 12.9 Å². The molecule has 0 amide bonds. The van der Waals surface area contributed by atoms with Gasteiger partial charge in [0.2, 0.25) is 0 Å². The predicted octanol–water partition coefficient (Wildman–Crippen LogP) is -0.557. The van der Waals surface area contributed by atoms with E-state index in [1.165, 1.54) is 7.11 Å². The third-order valence-corrected chi connectivity index (χ3v) is 2.54. The van der Waals surface area contributed by atoms with Crippen LogP contribution in [0.1, 0.15) is 0 Å². The van der Waals surface area contributed by atoms with Gasteiger partial charge in [0.25, 0.3) is 0 Å². The molecule has 0 radical (unpaired) electrons. The monoisotopic (exact) mass is 194 g/mol.